The number of ether oxygens (including phenoxy) is 4. The number of esters is 2. The van der Waals surface area contributed by atoms with Gasteiger partial charge in [-0.15, -0.1) is 0 Å². The third kappa shape index (κ3) is 13.5. The van der Waals surface area contributed by atoms with Gasteiger partial charge in [-0.25, -0.2) is 0 Å². The Morgan fingerprint density at radius 3 is 2.00 bits per heavy atom. The summed E-state index contributed by atoms with van der Waals surface area (Å²) in [7, 11) is 0. The van der Waals surface area contributed by atoms with Crippen molar-refractivity contribution in [3.63, 3.8) is 0 Å². The fourth-order valence-corrected chi connectivity index (χ4v) is 2.23. The van der Waals surface area contributed by atoms with Crippen LogP contribution in [0.1, 0.15) is 66.2 Å². The highest BCUT2D eigenvalue weighted by Crippen LogP contribution is 2.15. The van der Waals surface area contributed by atoms with Crippen LogP contribution >= 0.6 is 0 Å². The average molecular weight is 370 g/mol. The van der Waals surface area contributed by atoms with Crippen LogP contribution in [0, 0.1) is 0 Å². The van der Waals surface area contributed by atoms with Crippen molar-refractivity contribution < 1.29 is 28.5 Å². The van der Waals surface area contributed by atoms with Gasteiger partial charge < -0.3 is 18.9 Å². The molecular formula is C20H34O6. The smallest absolute Gasteiger partial charge is 0.303 e. The first kappa shape index (κ1) is 24.2. The first-order chi connectivity index (χ1) is 12.2. The van der Waals surface area contributed by atoms with Crippen LogP contribution in [0.3, 0.4) is 0 Å². The van der Waals surface area contributed by atoms with Crippen LogP contribution in [-0.4, -0.2) is 37.5 Å². The predicted octanol–water partition coefficient (Wildman–Crippen LogP) is 4.29. The highest BCUT2D eigenvalue weighted by Gasteiger charge is 2.11. The van der Waals surface area contributed by atoms with E-state index >= 15 is 0 Å². The van der Waals surface area contributed by atoms with E-state index in [1.807, 2.05) is 6.92 Å². The Morgan fingerprint density at radius 2 is 1.38 bits per heavy atom. The van der Waals surface area contributed by atoms with Crippen molar-refractivity contribution in [3.8, 4) is 0 Å². The van der Waals surface area contributed by atoms with Crippen LogP contribution in [0.15, 0.2) is 24.5 Å². The molecule has 0 spiro atoms. The lowest BCUT2D eigenvalue weighted by Gasteiger charge is -2.15. The number of unbranched alkanes of at least 4 members (excludes halogenated alkanes) is 4. The molecule has 0 aliphatic rings. The minimum Gasteiger partial charge on any atom is -0.469 e. The normalized spacial score (nSPS) is 12.8. The lowest BCUT2D eigenvalue weighted by molar-refractivity contribution is -0.147. The van der Waals surface area contributed by atoms with Crippen molar-refractivity contribution in [2.75, 3.05) is 13.4 Å². The van der Waals surface area contributed by atoms with Crippen LogP contribution < -0.4 is 0 Å². The van der Waals surface area contributed by atoms with Crippen molar-refractivity contribution in [2.24, 2.45) is 0 Å². The van der Waals surface area contributed by atoms with E-state index in [1.54, 1.807) is 6.92 Å². The minimum atomic E-state index is -0.477. The van der Waals surface area contributed by atoms with Gasteiger partial charge in [0.05, 0.1) is 6.61 Å². The summed E-state index contributed by atoms with van der Waals surface area (Å²) in [5, 5.41) is 0. The summed E-state index contributed by atoms with van der Waals surface area (Å²) in [5.74, 6) is -0.261. The molecule has 0 fully saturated rings. The van der Waals surface area contributed by atoms with Crippen molar-refractivity contribution in [1.29, 1.82) is 0 Å². The van der Waals surface area contributed by atoms with Gasteiger partial charge in [0, 0.05) is 13.8 Å². The molecule has 0 aromatic rings. The molecule has 0 heterocycles. The van der Waals surface area contributed by atoms with Gasteiger partial charge in [-0.2, -0.15) is 0 Å². The van der Waals surface area contributed by atoms with Gasteiger partial charge in [-0.1, -0.05) is 32.4 Å². The van der Waals surface area contributed by atoms with E-state index in [9.17, 15) is 9.59 Å². The molecule has 6 heteroatoms. The van der Waals surface area contributed by atoms with Crippen molar-refractivity contribution in [1.82, 2.24) is 0 Å². The van der Waals surface area contributed by atoms with Crippen molar-refractivity contribution in [3.05, 3.63) is 24.5 Å². The zero-order valence-corrected chi connectivity index (χ0v) is 16.7. The van der Waals surface area contributed by atoms with Crippen LogP contribution in [0.4, 0.5) is 0 Å². The Hall–Kier alpha value is -1.82. The highest BCUT2D eigenvalue weighted by atomic mass is 16.7. The SMILES string of the molecule is C=C(CCCCCCCOCOC(=C)C(C)OC(C)=O)C(C)OC(C)=O. The lowest BCUT2D eigenvalue weighted by atomic mass is 10.0. The van der Waals surface area contributed by atoms with E-state index in [2.05, 4.69) is 13.2 Å². The molecule has 0 bridgehead atoms. The number of hydrogen-bond acceptors (Lipinski definition) is 6. The van der Waals surface area contributed by atoms with E-state index in [-0.39, 0.29) is 24.8 Å². The maximum absolute atomic E-state index is 10.9. The van der Waals surface area contributed by atoms with E-state index in [4.69, 9.17) is 18.9 Å². The third-order valence-corrected chi connectivity index (χ3v) is 3.83. The summed E-state index contributed by atoms with van der Waals surface area (Å²) < 4.78 is 20.7. The van der Waals surface area contributed by atoms with Crippen molar-refractivity contribution >= 4 is 11.9 Å². The number of rotatable bonds is 15. The van der Waals surface area contributed by atoms with E-state index in [0.717, 1.165) is 44.1 Å². The molecule has 0 N–H and O–H groups in total. The largest absolute Gasteiger partial charge is 0.469 e. The van der Waals surface area contributed by atoms with Crippen LogP contribution in [-0.2, 0) is 28.5 Å². The first-order valence-electron chi connectivity index (χ1n) is 9.15. The van der Waals surface area contributed by atoms with Crippen LogP contribution in [0.25, 0.3) is 0 Å². The monoisotopic (exact) mass is 370 g/mol. The molecule has 0 rings (SSSR count). The molecule has 0 saturated carbocycles. The lowest BCUT2D eigenvalue weighted by Crippen LogP contribution is -2.17. The Bertz CT molecular complexity index is 415. The van der Waals surface area contributed by atoms with E-state index < -0.39 is 6.10 Å². The second-order valence-electron chi connectivity index (χ2n) is 6.32. The molecule has 2 atom stereocenters. The number of carbonyl (C=O) groups is 2. The summed E-state index contributed by atoms with van der Waals surface area (Å²) in [6, 6.07) is 0. The number of hydrogen-bond donors (Lipinski definition) is 0. The molecule has 0 aliphatic heterocycles. The van der Waals surface area contributed by atoms with Crippen LogP contribution in [0.2, 0.25) is 0 Å². The fourth-order valence-electron chi connectivity index (χ4n) is 2.23. The Labute approximate surface area is 157 Å². The molecule has 26 heavy (non-hydrogen) atoms. The number of carbonyl (C=O) groups excluding carboxylic acids is 2. The molecule has 0 saturated heterocycles. The van der Waals surface area contributed by atoms with Crippen molar-refractivity contribution in [2.45, 2.75) is 78.4 Å². The summed E-state index contributed by atoms with van der Waals surface area (Å²) in [6.45, 7) is 14.7. The Morgan fingerprint density at radius 1 is 0.846 bits per heavy atom. The zero-order chi connectivity index (χ0) is 19.9. The topological polar surface area (TPSA) is 71.1 Å². The quantitative estimate of drug-likeness (QED) is 0.141. The van der Waals surface area contributed by atoms with Gasteiger partial charge in [0.25, 0.3) is 0 Å². The Kier molecular flexibility index (Phi) is 13.4. The summed E-state index contributed by atoms with van der Waals surface area (Å²) in [5.41, 5.74) is 0.962. The van der Waals surface area contributed by atoms with Gasteiger partial charge in [-0.3, -0.25) is 9.59 Å². The summed E-state index contributed by atoms with van der Waals surface area (Å²) >= 11 is 0. The minimum absolute atomic E-state index is 0.109. The molecular weight excluding hydrogens is 336 g/mol. The van der Waals surface area contributed by atoms with Gasteiger partial charge in [0.2, 0.25) is 0 Å². The van der Waals surface area contributed by atoms with Gasteiger partial charge in [-0.05, 0) is 38.7 Å². The second kappa shape index (κ2) is 14.4. The third-order valence-electron chi connectivity index (χ3n) is 3.83. The van der Waals surface area contributed by atoms with Gasteiger partial charge in [0.1, 0.15) is 11.9 Å². The molecule has 150 valence electrons. The van der Waals surface area contributed by atoms with Gasteiger partial charge in [0.15, 0.2) is 12.9 Å². The maximum atomic E-state index is 10.9. The van der Waals surface area contributed by atoms with E-state index in [1.165, 1.54) is 13.8 Å². The zero-order valence-electron chi connectivity index (χ0n) is 16.7. The summed E-state index contributed by atoms with van der Waals surface area (Å²) in [4.78, 5) is 21.7. The molecule has 0 aliphatic carbocycles. The predicted molar refractivity (Wildman–Crippen MR) is 100 cm³/mol. The molecule has 0 aromatic heterocycles. The molecule has 2 unspecified atom stereocenters. The molecule has 0 amide bonds. The molecule has 0 radical (unpaired) electrons. The fraction of sp³-hybridized carbons (Fsp3) is 0.700. The highest BCUT2D eigenvalue weighted by molar-refractivity contribution is 5.66. The average Bonchev–Trinajstić information content (AvgIpc) is 2.54. The first-order valence-corrected chi connectivity index (χ1v) is 9.15. The Balaban J connectivity index is 3.49. The standard InChI is InChI=1S/C20H34O6/c1-15(16(2)25-19(5)21)12-10-8-7-9-11-13-23-14-24-17(3)18(4)26-20(6)22/h16,18H,1,3,7-14H2,2,4-6H3. The summed E-state index contributed by atoms with van der Waals surface area (Å²) in [6.07, 6.45) is 5.50. The molecule has 0 aromatic carbocycles. The van der Waals surface area contributed by atoms with Crippen LogP contribution in [0.5, 0.6) is 0 Å². The second-order valence-corrected chi connectivity index (χ2v) is 6.32. The van der Waals surface area contributed by atoms with Gasteiger partial charge >= 0.3 is 11.9 Å². The molecule has 6 nitrogen and oxygen atoms in total. The maximum Gasteiger partial charge on any atom is 0.303 e. The van der Waals surface area contributed by atoms with E-state index in [0.29, 0.717) is 12.4 Å².